The summed E-state index contributed by atoms with van der Waals surface area (Å²) in [4.78, 5) is 11.3. The molecule has 1 rings (SSSR count). The number of hydrogen-bond donors (Lipinski definition) is 2. The van der Waals surface area contributed by atoms with Crippen molar-refractivity contribution in [1.29, 1.82) is 0 Å². The molecule has 0 radical (unpaired) electrons. The number of carbonyl (C=O) groups excluding carboxylic acids is 1. The number of rotatable bonds is 4. The SMILES string of the molecule is CCCn1nccc1NC(=O)C(C)N.Cl. The van der Waals surface area contributed by atoms with Crippen LogP contribution in [0.3, 0.4) is 0 Å². The number of hydrogen-bond acceptors (Lipinski definition) is 3. The summed E-state index contributed by atoms with van der Waals surface area (Å²) in [5.74, 6) is 0.511. The van der Waals surface area contributed by atoms with E-state index in [-0.39, 0.29) is 18.3 Å². The van der Waals surface area contributed by atoms with Crippen LogP contribution in [0.1, 0.15) is 20.3 Å². The second-order valence-electron chi connectivity index (χ2n) is 3.22. The van der Waals surface area contributed by atoms with E-state index in [0.717, 1.165) is 13.0 Å². The maximum atomic E-state index is 11.3. The zero-order valence-electron chi connectivity index (χ0n) is 8.93. The summed E-state index contributed by atoms with van der Waals surface area (Å²) in [6.45, 7) is 4.50. The molecule has 1 aromatic heterocycles. The van der Waals surface area contributed by atoms with Crippen LogP contribution in [-0.4, -0.2) is 21.7 Å². The lowest BCUT2D eigenvalue weighted by Crippen LogP contribution is -2.33. The van der Waals surface area contributed by atoms with E-state index in [0.29, 0.717) is 5.82 Å². The Hall–Kier alpha value is -1.07. The van der Waals surface area contributed by atoms with Gasteiger partial charge in [0.05, 0.1) is 12.2 Å². The van der Waals surface area contributed by atoms with E-state index in [1.807, 2.05) is 0 Å². The highest BCUT2D eigenvalue weighted by Gasteiger charge is 2.09. The second-order valence-corrected chi connectivity index (χ2v) is 3.22. The minimum Gasteiger partial charge on any atom is -0.320 e. The Balaban J connectivity index is 0.00000196. The van der Waals surface area contributed by atoms with Gasteiger partial charge in [-0.3, -0.25) is 4.79 Å². The summed E-state index contributed by atoms with van der Waals surface area (Å²) in [5.41, 5.74) is 5.43. The molecule has 86 valence electrons. The minimum absolute atomic E-state index is 0. The Morgan fingerprint density at radius 2 is 2.40 bits per heavy atom. The highest BCUT2D eigenvalue weighted by molar-refractivity contribution is 5.93. The van der Waals surface area contributed by atoms with Crippen molar-refractivity contribution in [2.24, 2.45) is 5.73 Å². The highest BCUT2D eigenvalue weighted by Crippen LogP contribution is 2.06. The lowest BCUT2D eigenvalue weighted by atomic mass is 10.3. The molecule has 1 atom stereocenters. The monoisotopic (exact) mass is 232 g/mol. The molecule has 0 saturated heterocycles. The number of nitrogens with one attached hydrogen (secondary N) is 1. The predicted molar refractivity (Wildman–Crippen MR) is 62.0 cm³/mol. The normalized spacial score (nSPS) is 11.7. The van der Waals surface area contributed by atoms with Gasteiger partial charge in [-0.25, -0.2) is 4.68 Å². The molecule has 0 aliphatic carbocycles. The Kier molecular flexibility index (Phi) is 5.96. The molecule has 0 bridgehead atoms. The van der Waals surface area contributed by atoms with Crippen LogP contribution in [-0.2, 0) is 11.3 Å². The van der Waals surface area contributed by atoms with Crippen molar-refractivity contribution in [3.8, 4) is 0 Å². The fraction of sp³-hybridized carbons (Fsp3) is 0.556. The van der Waals surface area contributed by atoms with E-state index in [4.69, 9.17) is 5.73 Å². The van der Waals surface area contributed by atoms with Crippen molar-refractivity contribution >= 4 is 24.1 Å². The third kappa shape index (κ3) is 3.89. The van der Waals surface area contributed by atoms with Gasteiger partial charge in [-0.05, 0) is 13.3 Å². The molecule has 1 heterocycles. The van der Waals surface area contributed by atoms with Crippen LogP contribution in [0.15, 0.2) is 12.3 Å². The summed E-state index contributed by atoms with van der Waals surface area (Å²) in [6, 6.07) is 1.26. The fourth-order valence-electron chi connectivity index (χ4n) is 1.07. The van der Waals surface area contributed by atoms with Gasteiger partial charge in [0.2, 0.25) is 5.91 Å². The number of amides is 1. The molecule has 6 heteroatoms. The van der Waals surface area contributed by atoms with Crippen LogP contribution >= 0.6 is 12.4 Å². The molecule has 0 aromatic carbocycles. The van der Waals surface area contributed by atoms with Gasteiger partial charge >= 0.3 is 0 Å². The highest BCUT2D eigenvalue weighted by atomic mass is 35.5. The van der Waals surface area contributed by atoms with E-state index < -0.39 is 6.04 Å². The Morgan fingerprint density at radius 1 is 1.73 bits per heavy atom. The van der Waals surface area contributed by atoms with Gasteiger partial charge < -0.3 is 11.1 Å². The van der Waals surface area contributed by atoms with Gasteiger partial charge in [0.25, 0.3) is 0 Å². The molecule has 15 heavy (non-hydrogen) atoms. The lowest BCUT2D eigenvalue weighted by molar-refractivity contribution is -0.117. The second kappa shape index (κ2) is 6.42. The average molecular weight is 233 g/mol. The first kappa shape index (κ1) is 13.9. The first-order valence-electron chi connectivity index (χ1n) is 4.73. The maximum Gasteiger partial charge on any atom is 0.242 e. The van der Waals surface area contributed by atoms with E-state index in [9.17, 15) is 4.79 Å². The summed E-state index contributed by atoms with van der Waals surface area (Å²) < 4.78 is 1.75. The van der Waals surface area contributed by atoms with Gasteiger partial charge in [-0.1, -0.05) is 6.92 Å². The zero-order chi connectivity index (χ0) is 10.6. The molecule has 0 fully saturated rings. The standard InChI is InChI=1S/C9H16N4O.ClH/c1-3-6-13-8(4-5-11-13)12-9(14)7(2)10;/h4-5,7H,3,6,10H2,1-2H3,(H,12,14);1H. The number of aromatic nitrogens is 2. The third-order valence-electron chi connectivity index (χ3n) is 1.82. The third-order valence-corrected chi connectivity index (χ3v) is 1.82. The zero-order valence-corrected chi connectivity index (χ0v) is 9.75. The summed E-state index contributed by atoms with van der Waals surface area (Å²) in [7, 11) is 0. The first-order valence-corrected chi connectivity index (χ1v) is 4.73. The molecule has 1 unspecified atom stereocenters. The number of nitrogens with zero attached hydrogens (tertiary/aromatic N) is 2. The average Bonchev–Trinajstić information content (AvgIpc) is 2.53. The van der Waals surface area contributed by atoms with Crippen molar-refractivity contribution in [3.05, 3.63) is 12.3 Å². The van der Waals surface area contributed by atoms with E-state index in [2.05, 4.69) is 17.3 Å². The van der Waals surface area contributed by atoms with Crippen molar-refractivity contribution in [3.63, 3.8) is 0 Å². The quantitative estimate of drug-likeness (QED) is 0.814. The van der Waals surface area contributed by atoms with Crippen molar-refractivity contribution in [1.82, 2.24) is 9.78 Å². The van der Waals surface area contributed by atoms with E-state index >= 15 is 0 Å². The fourth-order valence-corrected chi connectivity index (χ4v) is 1.07. The summed E-state index contributed by atoms with van der Waals surface area (Å²) in [6.07, 6.45) is 2.63. The Morgan fingerprint density at radius 3 is 2.93 bits per heavy atom. The van der Waals surface area contributed by atoms with Gasteiger partial charge in [0.1, 0.15) is 5.82 Å². The van der Waals surface area contributed by atoms with E-state index in [1.165, 1.54) is 0 Å². The Bertz CT molecular complexity index is 311. The molecule has 5 nitrogen and oxygen atoms in total. The number of aryl methyl sites for hydroxylation is 1. The van der Waals surface area contributed by atoms with Crippen LogP contribution in [0.2, 0.25) is 0 Å². The van der Waals surface area contributed by atoms with Gasteiger partial charge in [-0.15, -0.1) is 12.4 Å². The number of nitrogens with two attached hydrogens (primary N) is 1. The molecule has 0 saturated carbocycles. The lowest BCUT2D eigenvalue weighted by Gasteiger charge is -2.09. The van der Waals surface area contributed by atoms with Crippen LogP contribution in [0.5, 0.6) is 0 Å². The maximum absolute atomic E-state index is 11.3. The molecule has 0 aliphatic rings. The largest absolute Gasteiger partial charge is 0.320 e. The van der Waals surface area contributed by atoms with Crippen LogP contribution in [0.4, 0.5) is 5.82 Å². The first-order chi connectivity index (χ1) is 6.65. The topological polar surface area (TPSA) is 72.9 Å². The molecule has 1 amide bonds. The summed E-state index contributed by atoms with van der Waals surface area (Å²) >= 11 is 0. The minimum atomic E-state index is -0.500. The van der Waals surface area contributed by atoms with Crippen molar-refractivity contribution in [2.45, 2.75) is 32.9 Å². The number of halogens is 1. The van der Waals surface area contributed by atoms with Crippen LogP contribution in [0.25, 0.3) is 0 Å². The summed E-state index contributed by atoms with van der Waals surface area (Å²) in [5, 5.41) is 6.79. The van der Waals surface area contributed by atoms with Gasteiger partial charge in [0.15, 0.2) is 0 Å². The molecule has 1 aromatic rings. The van der Waals surface area contributed by atoms with Crippen molar-refractivity contribution < 1.29 is 4.79 Å². The van der Waals surface area contributed by atoms with E-state index in [1.54, 1.807) is 23.9 Å². The predicted octanol–water partition coefficient (Wildman–Crippen LogP) is 1.00. The molecule has 0 aliphatic heterocycles. The molecule has 3 N–H and O–H groups in total. The van der Waals surface area contributed by atoms with Crippen molar-refractivity contribution in [2.75, 3.05) is 5.32 Å². The smallest absolute Gasteiger partial charge is 0.242 e. The van der Waals surface area contributed by atoms with Gasteiger partial charge in [-0.2, -0.15) is 5.10 Å². The molecular formula is C9H17ClN4O. The number of carbonyl (C=O) groups is 1. The molecular weight excluding hydrogens is 216 g/mol. The van der Waals surface area contributed by atoms with Crippen LogP contribution in [0, 0.1) is 0 Å². The molecule has 0 spiro atoms. The van der Waals surface area contributed by atoms with Gasteiger partial charge in [0, 0.05) is 12.6 Å². The Labute approximate surface area is 95.4 Å². The number of anilines is 1. The van der Waals surface area contributed by atoms with Crippen LogP contribution < -0.4 is 11.1 Å².